The van der Waals surface area contributed by atoms with Gasteiger partial charge in [0.25, 0.3) is 0 Å². The molecule has 0 bridgehead atoms. The minimum Gasteiger partial charge on any atom is -0.489 e. The average Bonchev–Trinajstić information content (AvgIpc) is 2.38. The summed E-state index contributed by atoms with van der Waals surface area (Å²) < 4.78 is 6.35. The summed E-state index contributed by atoms with van der Waals surface area (Å²) in [5.41, 5.74) is 1.61. The summed E-state index contributed by atoms with van der Waals surface area (Å²) in [7, 11) is 2.06. The Labute approximate surface area is 117 Å². The summed E-state index contributed by atoms with van der Waals surface area (Å²) >= 11 is 0. The first-order chi connectivity index (χ1) is 9.08. The van der Waals surface area contributed by atoms with Crippen molar-refractivity contribution < 1.29 is 4.74 Å². The van der Waals surface area contributed by atoms with E-state index in [0.717, 1.165) is 18.6 Å². The molecule has 1 aliphatic rings. The van der Waals surface area contributed by atoms with Crippen LogP contribution >= 0.6 is 0 Å². The zero-order valence-corrected chi connectivity index (χ0v) is 12.7. The van der Waals surface area contributed by atoms with Crippen LogP contribution in [-0.4, -0.2) is 19.2 Å². The van der Waals surface area contributed by atoms with Crippen LogP contribution in [0.15, 0.2) is 24.3 Å². The Morgan fingerprint density at radius 3 is 2.74 bits per heavy atom. The first-order valence-corrected chi connectivity index (χ1v) is 7.50. The normalized spacial score (nSPS) is 26.1. The van der Waals surface area contributed by atoms with Crippen molar-refractivity contribution in [2.75, 3.05) is 7.05 Å². The lowest BCUT2D eigenvalue weighted by Gasteiger charge is -2.43. The van der Waals surface area contributed by atoms with Crippen molar-refractivity contribution in [1.82, 2.24) is 5.32 Å². The van der Waals surface area contributed by atoms with Crippen LogP contribution in [0.2, 0.25) is 0 Å². The molecule has 2 atom stereocenters. The summed E-state index contributed by atoms with van der Waals surface area (Å²) in [5, 5.41) is 3.48. The largest absolute Gasteiger partial charge is 0.489 e. The van der Waals surface area contributed by atoms with Crippen LogP contribution in [0.4, 0.5) is 0 Å². The van der Waals surface area contributed by atoms with Gasteiger partial charge < -0.3 is 10.1 Å². The second-order valence-electron chi connectivity index (χ2n) is 6.26. The first-order valence-electron chi connectivity index (χ1n) is 7.50. The fraction of sp³-hybridized carbons (Fsp3) is 0.647. The number of para-hydroxylation sites is 1. The highest BCUT2D eigenvalue weighted by atomic mass is 16.5. The van der Waals surface area contributed by atoms with Gasteiger partial charge in [-0.3, -0.25) is 0 Å². The number of ether oxygens (including phenoxy) is 1. The van der Waals surface area contributed by atoms with Crippen LogP contribution in [0.5, 0.6) is 5.75 Å². The topological polar surface area (TPSA) is 21.3 Å². The van der Waals surface area contributed by atoms with E-state index in [2.05, 4.69) is 57.4 Å². The van der Waals surface area contributed by atoms with Crippen LogP contribution in [0.1, 0.15) is 45.6 Å². The quantitative estimate of drug-likeness (QED) is 0.890. The Kier molecular flexibility index (Phi) is 4.51. The highest BCUT2D eigenvalue weighted by Gasteiger charge is 2.39. The average molecular weight is 261 g/mol. The van der Waals surface area contributed by atoms with Crippen LogP contribution in [0, 0.1) is 5.41 Å². The zero-order chi connectivity index (χ0) is 13.9. The van der Waals surface area contributed by atoms with E-state index in [4.69, 9.17) is 4.74 Å². The molecule has 1 aromatic rings. The minimum atomic E-state index is 0.279. The van der Waals surface area contributed by atoms with Crippen molar-refractivity contribution >= 4 is 0 Å². The smallest absolute Gasteiger partial charge is 0.122 e. The molecule has 2 nitrogen and oxygen atoms in total. The maximum absolute atomic E-state index is 6.35. The highest BCUT2D eigenvalue weighted by Crippen LogP contribution is 2.37. The molecule has 1 aliphatic carbocycles. The number of likely N-dealkylation sites (N-methyl/N-ethyl adjacent to an activating group) is 1. The molecule has 2 heteroatoms. The van der Waals surface area contributed by atoms with E-state index in [-0.39, 0.29) is 6.10 Å². The Hall–Kier alpha value is -1.02. The van der Waals surface area contributed by atoms with Crippen molar-refractivity contribution in [3.05, 3.63) is 29.8 Å². The van der Waals surface area contributed by atoms with Crippen molar-refractivity contribution in [3.63, 3.8) is 0 Å². The third kappa shape index (κ3) is 3.11. The first kappa shape index (κ1) is 14.4. The fourth-order valence-electron chi connectivity index (χ4n) is 3.36. The molecule has 2 rings (SSSR count). The number of aryl methyl sites for hydroxylation is 1. The Morgan fingerprint density at radius 1 is 1.32 bits per heavy atom. The van der Waals surface area contributed by atoms with Gasteiger partial charge in [-0.25, -0.2) is 0 Å². The lowest BCUT2D eigenvalue weighted by molar-refractivity contribution is 0.0398. The molecule has 0 aromatic heterocycles. The van der Waals surface area contributed by atoms with E-state index in [1.807, 2.05) is 0 Å². The molecule has 1 aromatic carbocycles. The van der Waals surface area contributed by atoms with Crippen LogP contribution < -0.4 is 10.1 Å². The molecule has 0 aliphatic heterocycles. The summed E-state index contributed by atoms with van der Waals surface area (Å²) in [4.78, 5) is 0. The van der Waals surface area contributed by atoms with E-state index < -0.39 is 0 Å². The van der Waals surface area contributed by atoms with Gasteiger partial charge in [-0.05, 0) is 49.8 Å². The van der Waals surface area contributed by atoms with Gasteiger partial charge in [0, 0.05) is 6.04 Å². The van der Waals surface area contributed by atoms with E-state index in [9.17, 15) is 0 Å². The predicted octanol–water partition coefficient (Wildman–Crippen LogP) is 3.79. The summed E-state index contributed by atoms with van der Waals surface area (Å²) in [6, 6.07) is 8.85. The van der Waals surface area contributed by atoms with E-state index >= 15 is 0 Å². The zero-order valence-electron chi connectivity index (χ0n) is 12.7. The maximum atomic E-state index is 6.35. The van der Waals surface area contributed by atoms with Crippen molar-refractivity contribution in [2.45, 2.75) is 58.6 Å². The van der Waals surface area contributed by atoms with Gasteiger partial charge in [-0.1, -0.05) is 39.0 Å². The maximum Gasteiger partial charge on any atom is 0.122 e. The second-order valence-corrected chi connectivity index (χ2v) is 6.26. The Bertz CT molecular complexity index is 413. The second kappa shape index (κ2) is 5.96. The monoisotopic (exact) mass is 261 g/mol. The number of nitrogens with one attached hydrogen (secondary N) is 1. The Balaban J connectivity index is 2.17. The van der Waals surface area contributed by atoms with Crippen molar-refractivity contribution in [1.29, 1.82) is 0 Å². The van der Waals surface area contributed by atoms with Gasteiger partial charge >= 0.3 is 0 Å². The lowest BCUT2D eigenvalue weighted by Crippen LogP contribution is -2.53. The van der Waals surface area contributed by atoms with Crippen molar-refractivity contribution in [2.24, 2.45) is 5.41 Å². The van der Waals surface area contributed by atoms with Gasteiger partial charge in [-0.15, -0.1) is 0 Å². The third-order valence-electron chi connectivity index (χ3n) is 4.47. The molecule has 0 spiro atoms. The number of hydrogen-bond donors (Lipinski definition) is 1. The SMILES string of the molecule is CCc1ccccc1OC1CCCC(C)(C)C1NC. The molecule has 0 amide bonds. The van der Waals surface area contributed by atoms with Gasteiger partial charge in [0.1, 0.15) is 11.9 Å². The molecule has 19 heavy (non-hydrogen) atoms. The van der Waals surface area contributed by atoms with Gasteiger partial charge in [0.15, 0.2) is 0 Å². The van der Waals surface area contributed by atoms with Crippen LogP contribution in [0.3, 0.4) is 0 Å². The summed E-state index contributed by atoms with van der Waals surface area (Å²) in [6.45, 7) is 6.87. The van der Waals surface area contributed by atoms with Crippen LogP contribution in [0.25, 0.3) is 0 Å². The summed E-state index contributed by atoms with van der Waals surface area (Å²) in [6.07, 6.45) is 4.97. The molecule has 2 unspecified atom stereocenters. The molecular weight excluding hydrogens is 234 g/mol. The third-order valence-corrected chi connectivity index (χ3v) is 4.47. The van der Waals surface area contributed by atoms with Gasteiger partial charge in [0.05, 0.1) is 0 Å². The van der Waals surface area contributed by atoms with Crippen molar-refractivity contribution in [3.8, 4) is 5.75 Å². The number of benzene rings is 1. The summed E-state index contributed by atoms with van der Waals surface area (Å²) in [5.74, 6) is 1.06. The van der Waals surface area contributed by atoms with E-state index in [1.165, 1.54) is 18.4 Å². The lowest BCUT2D eigenvalue weighted by atomic mass is 9.72. The molecule has 0 saturated heterocycles. The molecule has 106 valence electrons. The van der Waals surface area contributed by atoms with E-state index in [1.54, 1.807) is 0 Å². The molecule has 0 heterocycles. The van der Waals surface area contributed by atoms with Gasteiger partial charge in [-0.2, -0.15) is 0 Å². The molecule has 0 radical (unpaired) electrons. The highest BCUT2D eigenvalue weighted by molar-refractivity contribution is 5.33. The molecule has 1 fully saturated rings. The van der Waals surface area contributed by atoms with E-state index in [0.29, 0.717) is 11.5 Å². The fourth-order valence-corrected chi connectivity index (χ4v) is 3.36. The van der Waals surface area contributed by atoms with Gasteiger partial charge in [0.2, 0.25) is 0 Å². The van der Waals surface area contributed by atoms with Crippen LogP contribution in [-0.2, 0) is 6.42 Å². The Morgan fingerprint density at radius 2 is 2.05 bits per heavy atom. The standard InChI is InChI=1S/C17H27NO/c1-5-13-9-6-7-10-14(13)19-15-11-8-12-17(2,3)16(15)18-4/h6-7,9-10,15-16,18H,5,8,11-12H2,1-4H3. The number of rotatable bonds is 4. The molecular formula is C17H27NO. The predicted molar refractivity (Wildman–Crippen MR) is 80.7 cm³/mol. The molecule has 1 saturated carbocycles. The minimum absolute atomic E-state index is 0.279. The molecule has 1 N–H and O–H groups in total. The number of hydrogen-bond acceptors (Lipinski definition) is 2.